The quantitative estimate of drug-likeness (QED) is 0.688. The summed E-state index contributed by atoms with van der Waals surface area (Å²) in [4.78, 5) is 0. The van der Waals surface area contributed by atoms with Crippen molar-refractivity contribution in [2.24, 2.45) is 0 Å². The molecular formula is C4H11O3RbS. The zero-order valence-electron chi connectivity index (χ0n) is 4.79. The van der Waals surface area contributed by atoms with Crippen LogP contribution in [0.3, 0.4) is 0 Å². The van der Waals surface area contributed by atoms with E-state index < -0.39 is 10.1 Å². The van der Waals surface area contributed by atoms with Crippen molar-refractivity contribution in [1.29, 1.82) is 0 Å². The van der Waals surface area contributed by atoms with Crippen molar-refractivity contribution in [2.45, 2.75) is 19.8 Å². The summed E-state index contributed by atoms with van der Waals surface area (Å²) in [6, 6.07) is 0. The van der Waals surface area contributed by atoms with Crippen LogP contribution >= 0.6 is 0 Å². The molecule has 0 atom stereocenters. The Labute approximate surface area is 105 Å². The van der Waals surface area contributed by atoms with E-state index in [1.54, 1.807) is 0 Å². The van der Waals surface area contributed by atoms with E-state index >= 15 is 0 Å². The Morgan fingerprint density at radius 1 is 1.44 bits per heavy atom. The summed E-state index contributed by atoms with van der Waals surface area (Å²) in [5, 5.41) is 0. The second-order valence-corrected chi connectivity index (χ2v) is 3.21. The molecular weight excluding hydrogens is 214 g/mol. The van der Waals surface area contributed by atoms with Crippen LogP contribution in [0.15, 0.2) is 0 Å². The van der Waals surface area contributed by atoms with Crippen molar-refractivity contribution >= 4 is 68.3 Å². The van der Waals surface area contributed by atoms with Crippen LogP contribution in [-0.2, 0) is 10.1 Å². The van der Waals surface area contributed by atoms with Gasteiger partial charge in [-0.1, -0.05) is 13.3 Å². The standard InChI is InChI=1S/C4H10O3S.Rb.H/c1-2-3-4-8(5,6)7;;/h2-4H2,1H3,(H,5,6,7);;. The molecule has 0 aromatic rings. The van der Waals surface area contributed by atoms with Crippen molar-refractivity contribution in [3.63, 3.8) is 0 Å². The molecule has 0 fully saturated rings. The second kappa shape index (κ2) is 6.43. The SMILES string of the molecule is CCCCS(=O)(=O)O.[RbH]. The molecule has 0 aliphatic heterocycles. The Bertz CT molecular complexity index is 140. The van der Waals surface area contributed by atoms with Crippen molar-refractivity contribution in [3.8, 4) is 0 Å². The summed E-state index contributed by atoms with van der Waals surface area (Å²) >= 11 is 0. The summed E-state index contributed by atoms with van der Waals surface area (Å²) in [5.41, 5.74) is 0. The first kappa shape index (κ1) is 13.3. The van der Waals surface area contributed by atoms with E-state index in [0.717, 1.165) is 6.42 Å². The van der Waals surface area contributed by atoms with E-state index in [0.29, 0.717) is 6.42 Å². The molecule has 0 amide bonds. The van der Waals surface area contributed by atoms with Gasteiger partial charge in [-0.15, -0.1) is 0 Å². The van der Waals surface area contributed by atoms with Crippen molar-refractivity contribution in [2.75, 3.05) is 5.75 Å². The van der Waals surface area contributed by atoms with Crippen LogP contribution in [0.2, 0.25) is 0 Å². The van der Waals surface area contributed by atoms with Gasteiger partial charge in [0.1, 0.15) is 0 Å². The Kier molecular flexibility index (Phi) is 9.51. The maximum absolute atomic E-state index is 9.95. The van der Waals surface area contributed by atoms with Gasteiger partial charge < -0.3 is 0 Å². The van der Waals surface area contributed by atoms with Crippen LogP contribution in [-0.4, -0.2) is 76.9 Å². The Hall–Kier alpha value is 1.72. The number of unbranched alkanes of at least 4 members (excludes halogenated alkanes) is 1. The molecule has 0 unspecified atom stereocenters. The molecule has 52 valence electrons. The second-order valence-electron chi connectivity index (χ2n) is 1.64. The normalized spacial score (nSPS) is 10.4. The van der Waals surface area contributed by atoms with Crippen LogP contribution < -0.4 is 0 Å². The van der Waals surface area contributed by atoms with Gasteiger partial charge in [0.2, 0.25) is 0 Å². The van der Waals surface area contributed by atoms with E-state index in [1.807, 2.05) is 6.92 Å². The van der Waals surface area contributed by atoms with Gasteiger partial charge in [-0.05, 0) is 6.42 Å². The molecule has 0 aliphatic rings. The van der Waals surface area contributed by atoms with E-state index in [4.69, 9.17) is 4.55 Å². The summed E-state index contributed by atoms with van der Waals surface area (Å²) in [6.45, 7) is 1.87. The molecule has 9 heavy (non-hydrogen) atoms. The third-order valence-electron chi connectivity index (χ3n) is 0.756. The van der Waals surface area contributed by atoms with Crippen molar-refractivity contribution in [3.05, 3.63) is 0 Å². The van der Waals surface area contributed by atoms with Crippen molar-refractivity contribution in [1.82, 2.24) is 0 Å². The summed E-state index contributed by atoms with van der Waals surface area (Å²) in [7, 11) is -3.69. The Balaban J connectivity index is 0. The van der Waals surface area contributed by atoms with Crippen LogP contribution in [0.5, 0.6) is 0 Å². The molecule has 0 spiro atoms. The first-order valence-corrected chi connectivity index (χ1v) is 4.12. The van der Waals surface area contributed by atoms with Crippen LogP contribution in [0.25, 0.3) is 0 Å². The molecule has 0 aliphatic carbocycles. The molecule has 0 aromatic heterocycles. The predicted octanol–water partition coefficient (Wildman–Crippen LogP) is 0.0258. The Morgan fingerprint density at radius 2 is 1.89 bits per heavy atom. The fourth-order valence-electron chi connectivity index (χ4n) is 0.327. The molecule has 0 rings (SSSR count). The predicted molar refractivity (Wildman–Crippen MR) is 38.5 cm³/mol. The molecule has 0 saturated carbocycles. The van der Waals surface area contributed by atoms with Gasteiger partial charge in [0.25, 0.3) is 10.1 Å². The van der Waals surface area contributed by atoms with E-state index in [-0.39, 0.29) is 63.9 Å². The summed E-state index contributed by atoms with van der Waals surface area (Å²) < 4.78 is 28.0. The number of hydrogen-bond donors (Lipinski definition) is 1. The Morgan fingerprint density at radius 3 is 2.00 bits per heavy atom. The summed E-state index contributed by atoms with van der Waals surface area (Å²) in [6.07, 6.45) is 1.33. The average molecular weight is 225 g/mol. The zero-order chi connectivity index (χ0) is 6.62. The monoisotopic (exact) mass is 224 g/mol. The minimum atomic E-state index is -3.69. The van der Waals surface area contributed by atoms with Gasteiger partial charge >= 0.3 is 58.2 Å². The summed E-state index contributed by atoms with van der Waals surface area (Å²) in [5.74, 6) is -0.108. The number of rotatable bonds is 3. The molecule has 0 bridgehead atoms. The first-order chi connectivity index (χ1) is 3.56. The van der Waals surface area contributed by atoms with Gasteiger partial charge in [0.05, 0.1) is 5.75 Å². The van der Waals surface area contributed by atoms with Crippen LogP contribution in [0.4, 0.5) is 0 Å². The third-order valence-corrected chi connectivity index (χ3v) is 1.56. The average Bonchev–Trinajstić information content (AvgIpc) is 1.59. The van der Waals surface area contributed by atoms with Crippen LogP contribution in [0, 0.1) is 0 Å². The molecule has 5 heteroatoms. The van der Waals surface area contributed by atoms with E-state index in [9.17, 15) is 8.42 Å². The van der Waals surface area contributed by atoms with Crippen molar-refractivity contribution < 1.29 is 13.0 Å². The van der Waals surface area contributed by atoms with Gasteiger partial charge in [-0.3, -0.25) is 4.55 Å². The van der Waals surface area contributed by atoms with E-state index in [1.165, 1.54) is 0 Å². The fourth-order valence-corrected chi connectivity index (χ4v) is 0.980. The fraction of sp³-hybridized carbons (Fsp3) is 1.00. The van der Waals surface area contributed by atoms with Gasteiger partial charge in [0.15, 0.2) is 0 Å². The van der Waals surface area contributed by atoms with Crippen LogP contribution in [0.1, 0.15) is 19.8 Å². The molecule has 0 saturated heterocycles. The topological polar surface area (TPSA) is 54.4 Å². The van der Waals surface area contributed by atoms with Gasteiger partial charge in [-0.25, -0.2) is 0 Å². The third kappa shape index (κ3) is 12.8. The van der Waals surface area contributed by atoms with Gasteiger partial charge in [-0.2, -0.15) is 8.42 Å². The first-order valence-electron chi connectivity index (χ1n) is 2.51. The zero-order valence-corrected chi connectivity index (χ0v) is 5.61. The molecule has 0 radical (unpaired) electrons. The molecule has 0 heterocycles. The molecule has 3 nitrogen and oxygen atoms in total. The van der Waals surface area contributed by atoms with E-state index in [2.05, 4.69) is 0 Å². The minimum absolute atomic E-state index is 0. The maximum atomic E-state index is 9.95. The number of hydrogen-bond acceptors (Lipinski definition) is 2. The van der Waals surface area contributed by atoms with Gasteiger partial charge in [0, 0.05) is 0 Å². The molecule has 1 N–H and O–H groups in total. The molecule has 0 aromatic carbocycles.